The summed E-state index contributed by atoms with van der Waals surface area (Å²) >= 11 is 0. The number of likely N-dealkylation sites (tertiary alicyclic amines) is 1. The molecule has 1 aliphatic rings. The van der Waals surface area contributed by atoms with Crippen molar-refractivity contribution in [2.75, 3.05) is 32.8 Å². The Balaban J connectivity index is 2.12. The molecule has 1 aromatic carbocycles. The van der Waals surface area contributed by atoms with Gasteiger partial charge in [0.2, 0.25) is 10.0 Å². The highest BCUT2D eigenvalue weighted by Crippen LogP contribution is 2.22. The zero-order chi connectivity index (χ0) is 21.8. The Morgan fingerprint density at radius 2 is 1.72 bits per heavy atom. The first-order valence-corrected chi connectivity index (χ1v) is 11.6. The van der Waals surface area contributed by atoms with Crippen LogP contribution in [0.25, 0.3) is 0 Å². The van der Waals surface area contributed by atoms with Gasteiger partial charge in [0.05, 0.1) is 10.5 Å². The second kappa shape index (κ2) is 9.71. The van der Waals surface area contributed by atoms with Crippen LogP contribution in [0.4, 0.5) is 0 Å². The highest BCUT2D eigenvalue weighted by Gasteiger charge is 2.27. The van der Waals surface area contributed by atoms with Gasteiger partial charge in [-0.05, 0) is 42.9 Å². The molecule has 7 nitrogen and oxygen atoms in total. The van der Waals surface area contributed by atoms with Gasteiger partial charge in [-0.25, -0.2) is 13.2 Å². The lowest BCUT2D eigenvalue weighted by atomic mass is 9.92. The number of rotatable bonds is 7. The van der Waals surface area contributed by atoms with Crippen LogP contribution in [0.3, 0.4) is 0 Å². The van der Waals surface area contributed by atoms with Crippen LogP contribution in [0.1, 0.15) is 50.0 Å². The maximum Gasteiger partial charge on any atom is 0.338 e. The van der Waals surface area contributed by atoms with Crippen molar-refractivity contribution in [2.24, 2.45) is 11.8 Å². The molecule has 1 aliphatic heterocycles. The van der Waals surface area contributed by atoms with Gasteiger partial charge in [-0.2, -0.15) is 4.31 Å². The van der Waals surface area contributed by atoms with Crippen molar-refractivity contribution in [3.63, 3.8) is 0 Å². The smallest absolute Gasteiger partial charge is 0.338 e. The predicted octanol–water partition coefficient (Wildman–Crippen LogP) is 2.69. The average molecular weight is 425 g/mol. The van der Waals surface area contributed by atoms with Crippen molar-refractivity contribution in [2.45, 2.75) is 45.9 Å². The highest BCUT2D eigenvalue weighted by atomic mass is 32.2. The van der Waals surface area contributed by atoms with Crippen molar-refractivity contribution in [1.29, 1.82) is 0 Å². The van der Waals surface area contributed by atoms with Crippen molar-refractivity contribution in [3.8, 4) is 0 Å². The fraction of sp³-hybridized carbons (Fsp3) is 0.619. The normalized spacial score (nSPS) is 20.0. The van der Waals surface area contributed by atoms with Crippen LogP contribution in [0.5, 0.6) is 0 Å². The number of carbonyl (C=O) groups excluding carboxylic acids is 2. The number of esters is 1. The van der Waals surface area contributed by atoms with Gasteiger partial charge in [0, 0.05) is 26.2 Å². The molecule has 0 bridgehead atoms. The van der Waals surface area contributed by atoms with Crippen LogP contribution in [-0.4, -0.2) is 62.3 Å². The number of carbonyl (C=O) groups is 2. The molecule has 1 aromatic rings. The number of sulfonamides is 1. The maximum atomic E-state index is 12.7. The quantitative estimate of drug-likeness (QED) is 0.629. The molecule has 1 fully saturated rings. The number of amides is 1. The molecule has 8 heteroatoms. The van der Waals surface area contributed by atoms with Gasteiger partial charge in [-0.3, -0.25) is 4.79 Å². The van der Waals surface area contributed by atoms with Gasteiger partial charge >= 0.3 is 5.97 Å². The average Bonchev–Trinajstić information content (AvgIpc) is 2.66. The second-order valence-electron chi connectivity index (χ2n) is 7.89. The Kier molecular flexibility index (Phi) is 7.82. The number of ether oxygens (including phenoxy) is 1. The molecular formula is C21H32N2O5S. The summed E-state index contributed by atoms with van der Waals surface area (Å²) in [5.41, 5.74) is 0.757. The minimum absolute atomic E-state index is 0.0451. The summed E-state index contributed by atoms with van der Waals surface area (Å²) in [5.74, 6) is -0.0721. The first-order chi connectivity index (χ1) is 13.6. The molecule has 2 rings (SSSR count). The number of hydrogen-bond acceptors (Lipinski definition) is 5. The van der Waals surface area contributed by atoms with Crippen molar-refractivity contribution in [1.82, 2.24) is 9.21 Å². The van der Waals surface area contributed by atoms with Crippen LogP contribution in [0.15, 0.2) is 23.1 Å². The molecule has 0 aromatic heterocycles. The van der Waals surface area contributed by atoms with E-state index in [1.807, 2.05) is 0 Å². The lowest BCUT2D eigenvalue weighted by molar-refractivity contribution is -0.137. The number of aryl methyl sites for hydroxylation is 1. The Labute approximate surface area is 174 Å². The molecule has 162 valence electrons. The molecule has 0 N–H and O–H groups in total. The summed E-state index contributed by atoms with van der Waals surface area (Å²) < 4.78 is 32.0. The largest absolute Gasteiger partial charge is 0.452 e. The van der Waals surface area contributed by atoms with E-state index in [9.17, 15) is 18.0 Å². The molecular weight excluding hydrogens is 392 g/mol. The van der Waals surface area contributed by atoms with Crippen LogP contribution >= 0.6 is 0 Å². The second-order valence-corrected chi connectivity index (χ2v) is 9.82. The SMILES string of the molecule is CCN(CC)S(=O)(=O)c1ccc(C)c(C(=O)OCC(=O)N2C[C@H](C)C[C@H](C)C2)c1. The molecule has 0 saturated carbocycles. The van der Waals surface area contributed by atoms with E-state index in [2.05, 4.69) is 13.8 Å². The van der Waals surface area contributed by atoms with E-state index in [0.717, 1.165) is 6.42 Å². The molecule has 0 unspecified atom stereocenters. The summed E-state index contributed by atoms with van der Waals surface area (Å²) in [6, 6.07) is 4.41. The van der Waals surface area contributed by atoms with E-state index < -0.39 is 16.0 Å². The van der Waals surface area contributed by atoms with Gasteiger partial charge in [0.15, 0.2) is 6.61 Å². The van der Waals surface area contributed by atoms with Gasteiger partial charge < -0.3 is 9.64 Å². The first kappa shape index (κ1) is 23.3. The van der Waals surface area contributed by atoms with Crippen LogP contribution in [-0.2, 0) is 19.6 Å². The third-order valence-electron chi connectivity index (χ3n) is 5.32. The highest BCUT2D eigenvalue weighted by molar-refractivity contribution is 7.89. The summed E-state index contributed by atoms with van der Waals surface area (Å²) in [4.78, 5) is 26.8. The van der Waals surface area contributed by atoms with Gasteiger partial charge in [0.25, 0.3) is 5.91 Å². The Bertz CT molecular complexity index is 839. The summed E-state index contributed by atoms with van der Waals surface area (Å²) in [6.45, 7) is 11.1. The maximum absolute atomic E-state index is 12.7. The lowest BCUT2D eigenvalue weighted by Crippen LogP contribution is -2.44. The Hall–Kier alpha value is -1.93. The van der Waals surface area contributed by atoms with Crippen LogP contribution in [0.2, 0.25) is 0 Å². The lowest BCUT2D eigenvalue weighted by Gasteiger charge is -2.34. The van der Waals surface area contributed by atoms with E-state index in [-0.39, 0.29) is 23.0 Å². The first-order valence-electron chi connectivity index (χ1n) is 10.2. The van der Waals surface area contributed by atoms with Crippen molar-refractivity contribution < 1.29 is 22.7 Å². The van der Waals surface area contributed by atoms with Gasteiger partial charge in [-0.15, -0.1) is 0 Å². The number of hydrogen-bond donors (Lipinski definition) is 0. The van der Waals surface area contributed by atoms with Crippen molar-refractivity contribution in [3.05, 3.63) is 29.3 Å². The molecule has 0 spiro atoms. The van der Waals surface area contributed by atoms with Gasteiger partial charge in [0.1, 0.15) is 0 Å². The summed E-state index contributed by atoms with van der Waals surface area (Å²) in [6.07, 6.45) is 1.08. The number of nitrogens with zero attached hydrogens (tertiary/aromatic N) is 2. The number of benzene rings is 1. The fourth-order valence-corrected chi connectivity index (χ4v) is 5.34. The fourth-order valence-electron chi connectivity index (χ4n) is 3.86. The van der Waals surface area contributed by atoms with E-state index in [4.69, 9.17) is 4.74 Å². The standard InChI is InChI=1S/C21H32N2O5S/c1-6-23(7-2)29(26,27)18-9-8-17(5)19(11-18)21(25)28-14-20(24)22-12-15(3)10-16(4)13-22/h8-9,11,15-16H,6-7,10,12-14H2,1-5H3/t15-,16+. The van der Waals surface area contributed by atoms with Gasteiger partial charge in [-0.1, -0.05) is 33.8 Å². The minimum atomic E-state index is -3.68. The predicted molar refractivity (Wildman–Crippen MR) is 111 cm³/mol. The third kappa shape index (κ3) is 5.57. The van der Waals surface area contributed by atoms with Crippen LogP contribution in [0, 0.1) is 18.8 Å². The van der Waals surface area contributed by atoms with Crippen molar-refractivity contribution >= 4 is 21.9 Å². The molecule has 29 heavy (non-hydrogen) atoms. The van der Waals surface area contributed by atoms with E-state index in [1.54, 1.807) is 31.7 Å². The molecule has 1 saturated heterocycles. The minimum Gasteiger partial charge on any atom is -0.452 e. The number of piperidine rings is 1. The topological polar surface area (TPSA) is 84.0 Å². The molecule has 1 amide bonds. The summed E-state index contributed by atoms with van der Waals surface area (Å²) in [7, 11) is -3.68. The van der Waals surface area contributed by atoms with E-state index >= 15 is 0 Å². The molecule has 0 radical (unpaired) electrons. The Morgan fingerprint density at radius 1 is 1.14 bits per heavy atom. The summed E-state index contributed by atoms with van der Waals surface area (Å²) in [5, 5.41) is 0. The Morgan fingerprint density at radius 3 is 2.28 bits per heavy atom. The molecule has 0 aliphatic carbocycles. The zero-order valence-electron chi connectivity index (χ0n) is 18.0. The van der Waals surface area contributed by atoms with E-state index in [0.29, 0.717) is 43.6 Å². The third-order valence-corrected chi connectivity index (χ3v) is 7.37. The monoisotopic (exact) mass is 424 g/mol. The zero-order valence-corrected chi connectivity index (χ0v) is 18.8. The van der Waals surface area contributed by atoms with E-state index in [1.165, 1.54) is 16.4 Å². The molecule has 1 heterocycles. The van der Waals surface area contributed by atoms with Crippen LogP contribution < -0.4 is 0 Å². The molecule has 2 atom stereocenters.